The number of carbonyl (C=O) groups is 1. The van der Waals surface area contributed by atoms with E-state index in [1.807, 2.05) is 30.3 Å². The molecular weight excluding hydrogens is 347 g/mol. The number of tetrazole rings is 1. The van der Waals surface area contributed by atoms with Crippen molar-refractivity contribution >= 4 is 13.0 Å². The molecule has 9 nitrogen and oxygen atoms in total. The van der Waals surface area contributed by atoms with E-state index in [1.54, 1.807) is 0 Å². The molecule has 1 aromatic heterocycles. The van der Waals surface area contributed by atoms with Crippen LogP contribution in [-0.2, 0) is 17.8 Å². The van der Waals surface area contributed by atoms with Crippen LogP contribution in [0.25, 0.3) is 0 Å². The zero-order valence-electron chi connectivity index (χ0n) is 15.4. The molecule has 1 amide bonds. The van der Waals surface area contributed by atoms with Gasteiger partial charge in [-0.15, -0.1) is 5.10 Å². The Morgan fingerprint density at radius 2 is 2.00 bits per heavy atom. The molecule has 0 fully saturated rings. The molecule has 1 aromatic carbocycles. The van der Waals surface area contributed by atoms with Crippen molar-refractivity contribution < 1.29 is 14.8 Å². The summed E-state index contributed by atoms with van der Waals surface area (Å²) >= 11 is 0. The quantitative estimate of drug-likeness (QED) is 0.304. The number of nitrogens with one attached hydrogen (secondary N) is 1. The molecule has 0 aliphatic heterocycles. The molecule has 27 heavy (non-hydrogen) atoms. The Morgan fingerprint density at radius 3 is 2.74 bits per heavy atom. The second-order valence-corrected chi connectivity index (χ2v) is 6.51. The van der Waals surface area contributed by atoms with Crippen LogP contribution in [0.3, 0.4) is 0 Å². The lowest BCUT2D eigenvalue weighted by molar-refractivity contribution is -0.121. The van der Waals surface area contributed by atoms with Crippen LogP contribution in [-0.4, -0.2) is 49.8 Å². The first-order valence-electron chi connectivity index (χ1n) is 9.24. The lowest BCUT2D eigenvalue weighted by Crippen LogP contribution is -2.31. The maximum absolute atomic E-state index is 12.1. The molecule has 1 unspecified atom stereocenters. The molecule has 0 saturated carbocycles. The molecule has 0 spiro atoms. The van der Waals surface area contributed by atoms with Gasteiger partial charge in [-0.1, -0.05) is 49.6 Å². The highest BCUT2D eigenvalue weighted by molar-refractivity contribution is 6.40. The highest BCUT2D eigenvalue weighted by atomic mass is 16.4. The maximum atomic E-state index is 12.1. The van der Waals surface area contributed by atoms with E-state index in [0.717, 1.165) is 31.2 Å². The third-order valence-corrected chi connectivity index (χ3v) is 4.24. The molecular formula is C17H27BN6O3. The number of carbonyl (C=O) groups excluding carboxylic acids is 1. The van der Waals surface area contributed by atoms with Crippen molar-refractivity contribution in [3.63, 3.8) is 0 Å². The Morgan fingerprint density at radius 1 is 1.22 bits per heavy atom. The van der Waals surface area contributed by atoms with E-state index in [9.17, 15) is 4.79 Å². The Hall–Kier alpha value is -2.30. The molecule has 0 saturated heterocycles. The summed E-state index contributed by atoms with van der Waals surface area (Å²) in [6.45, 7) is 0.574. The summed E-state index contributed by atoms with van der Waals surface area (Å²) in [6.07, 6.45) is 4.17. The number of nitrogens with zero attached hydrogens (tertiary/aromatic N) is 4. The van der Waals surface area contributed by atoms with Crippen LogP contribution < -0.4 is 11.1 Å². The number of benzene rings is 1. The highest BCUT2D eigenvalue weighted by Crippen LogP contribution is 2.15. The normalized spacial score (nSPS) is 12.0. The average Bonchev–Trinajstić information content (AvgIpc) is 3.10. The molecule has 146 valence electrons. The molecule has 2 rings (SSSR count). The number of hydrogen-bond acceptors (Lipinski definition) is 7. The van der Waals surface area contributed by atoms with Crippen molar-refractivity contribution in [2.75, 3.05) is 6.54 Å². The minimum absolute atomic E-state index is 0.0293. The van der Waals surface area contributed by atoms with E-state index >= 15 is 0 Å². The Balaban J connectivity index is 1.72. The lowest BCUT2D eigenvalue weighted by Gasteiger charge is -2.12. The molecule has 0 aliphatic rings. The van der Waals surface area contributed by atoms with Crippen molar-refractivity contribution in [2.45, 2.75) is 51.0 Å². The minimum atomic E-state index is -1.26. The first-order valence-corrected chi connectivity index (χ1v) is 9.24. The second-order valence-electron chi connectivity index (χ2n) is 6.51. The largest absolute Gasteiger partial charge is 0.451 e. The number of rotatable bonds is 12. The smallest absolute Gasteiger partial charge is 0.427 e. The van der Waals surface area contributed by atoms with Crippen LogP contribution in [0.2, 0.25) is 6.32 Å². The van der Waals surface area contributed by atoms with Gasteiger partial charge in [0.1, 0.15) is 6.54 Å². The second kappa shape index (κ2) is 11.4. The van der Waals surface area contributed by atoms with Crippen molar-refractivity contribution in [3.8, 4) is 0 Å². The lowest BCUT2D eigenvalue weighted by atomic mass is 9.83. The fourth-order valence-corrected chi connectivity index (χ4v) is 2.77. The molecule has 2 aromatic rings. The third kappa shape index (κ3) is 7.86. The van der Waals surface area contributed by atoms with Crippen LogP contribution in [0.1, 0.15) is 43.1 Å². The summed E-state index contributed by atoms with van der Waals surface area (Å²) in [4.78, 5) is 12.1. The van der Waals surface area contributed by atoms with Crippen LogP contribution in [0, 0.1) is 0 Å². The van der Waals surface area contributed by atoms with Gasteiger partial charge in [-0.2, -0.15) is 0 Å². The predicted octanol–water partition coefficient (Wildman–Crippen LogP) is 0.0650. The van der Waals surface area contributed by atoms with Crippen LogP contribution in [0.4, 0.5) is 0 Å². The monoisotopic (exact) mass is 374 g/mol. The van der Waals surface area contributed by atoms with Crippen LogP contribution in [0.15, 0.2) is 30.3 Å². The summed E-state index contributed by atoms with van der Waals surface area (Å²) in [6, 6.07) is 9.57. The molecule has 0 radical (unpaired) electrons. The summed E-state index contributed by atoms with van der Waals surface area (Å²) in [7, 11) is -1.26. The van der Waals surface area contributed by atoms with Gasteiger partial charge in [-0.05, 0) is 35.2 Å². The molecule has 0 bridgehead atoms. The summed E-state index contributed by atoms with van der Waals surface area (Å²) in [5.74, 6) is 0.319. The highest BCUT2D eigenvalue weighted by Gasteiger charge is 2.17. The summed E-state index contributed by atoms with van der Waals surface area (Å²) in [5, 5.41) is 31.9. The van der Waals surface area contributed by atoms with Crippen molar-refractivity contribution in [1.29, 1.82) is 0 Å². The van der Waals surface area contributed by atoms with Gasteiger partial charge in [0.2, 0.25) is 5.91 Å². The molecule has 1 atom stereocenters. The zero-order valence-corrected chi connectivity index (χ0v) is 15.4. The Kier molecular flexibility index (Phi) is 8.89. The number of unbranched alkanes of at least 4 members (excludes halogenated alkanes) is 2. The van der Waals surface area contributed by atoms with E-state index in [4.69, 9.17) is 15.8 Å². The Bertz CT molecular complexity index is 682. The number of hydrogen-bond donors (Lipinski definition) is 4. The van der Waals surface area contributed by atoms with Gasteiger partial charge in [0.15, 0.2) is 5.82 Å². The zero-order chi connectivity index (χ0) is 19.5. The number of amides is 1. The van der Waals surface area contributed by atoms with Crippen LogP contribution in [0.5, 0.6) is 0 Å². The van der Waals surface area contributed by atoms with Gasteiger partial charge in [-0.3, -0.25) is 4.79 Å². The number of aromatic nitrogens is 4. The molecule has 10 heteroatoms. The van der Waals surface area contributed by atoms with Gasteiger partial charge >= 0.3 is 7.12 Å². The summed E-state index contributed by atoms with van der Waals surface area (Å²) in [5.41, 5.74) is 7.30. The third-order valence-electron chi connectivity index (χ3n) is 4.24. The van der Waals surface area contributed by atoms with Crippen molar-refractivity contribution in [2.24, 2.45) is 5.73 Å². The number of nitrogens with two attached hydrogens (primary N) is 1. The molecule has 0 aliphatic carbocycles. The van der Waals surface area contributed by atoms with E-state index in [2.05, 4.69) is 20.8 Å². The topological polar surface area (TPSA) is 139 Å². The molecule has 5 N–H and O–H groups in total. The van der Waals surface area contributed by atoms with Gasteiger partial charge < -0.3 is 21.1 Å². The Labute approximate surface area is 159 Å². The standard InChI is InChI=1S/C17H27BN6O3/c19-15(9-5-2-6-11-18(26)27)17-21-22-23-24(17)13-16(25)20-12-10-14-7-3-1-4-8-14/h1,3-4,7-8,15,26-27H,2,5-6,9-13,19H2,(H,20,25). The van der Waals surface area contributed by atoms with E-state index in [0.29, 0.717) is 25.1 Å². The van der Waals surface area contributed by atoms with Gasteiger partial charge in [0, 0.05) is 6.54 Å². The van der Waals surface area contributed by atoms with Crippen LogP contribution >= 0.6 is 0 Å². The van der Waals surface area contributed by atoms with Gasteiger partial charge in [0.25, 0.3) is 0 Å². The SMILES string of the molecule is NC(CCCCCB(O)O)c1nnnn1CC(=O)NCCc1ccccc1. The molecule has 1 heterocycles. The predicted molar refractivity (Wildman–Crippen MR) is 101 cm³/mol. The maximum Gasteiger partial charge on any atom is 0.451 e. The van der Waals surface area contributed by atoms with Crippen molar-refractivity contribution in [1.82, 2.24) is 25.5 Å². The first kappa shape index (κ1) is 21.0. The first-order chi connectivity index (χ1) is 13.1. The fraction of sp³-hybridized carbons (Fsp3) is 0.529. The van der Waals surface area contributed by atoms with Crippen molar-refractivity contribution in [3.05, 3.63) is 41.7 Å². The summed E-state index contributed by atoms with van der Waals surface area (Å²) < 4.78 is 1.43. The van der Waals surface area contributed by atoms with Gasteiger partial charge in [-0.25, -0.2) is 4.68 Å². The fourth-order valence-electron chi connectivity index (χ4n) is 2.77. The van der Waals surface area contributed by atoms with E-state index in [-0.39, 0.29) is 18.5 Å². The van der Waals surface area contributed by atoms with E-state index in [1.165, 1.54) is 4.68 Å². The van der Waals surface area contributed by atoms with E-state index < -0.39 is 7.12 Å². The average molecular weight is 374 g/mol. The minimum Gasteiger partial charge on any atom is -0.427 e. The van der Waals surface area contributed by atoms with Gasteiger partial charge in [0.05, 0.1) is 6.04 Å².